The molecule has 0 saturated carbocycles. The summed E-state index contributed by atoms with van der Waals surface area (Å²) in [6, 6.07) is 30.7. The Morgan fingerprint density at radius 3 is 1.93 bits per heavy atom. The van der Waals surface area contributed by atoms with Crippen molar-refractivity contribution in [2.75, 3.05) is 0 Å². The van der Waals surface area contributed by atoms with Crippen LogP contribution in [0.15, 0.2) is 84.9 Å². The molecule has 0 aliphatic heterocycles. The monoisotopic (exact) mass is 347 g/mol. The van der Waals surface area contributed by atoms with E-state index in [1.54, 1.807) is 0 Å². The lowest BCUT2D eigenvalue weighted by molar-refractivity contribution is 1.42. The van der Waals surface area contributed by atoms with Crippen LogP contribution in [0.5, 0.6) is 0 Å². The number of fused-ring (bicyclic) bond motifs is 3. The maximum atomic E-state index is 3.71. The summed E-state index contributed by atoms with van der Waals surface area (Å²) in [4.78, 5) is 3.71. The zero-order valence-corrected chi connectivity index (χ0v) is 15.6. The third-order valence-electron chi connectivity index (χ3n) is 5.37. The highest BCUT2D eigenvalue weighted by atomic mass is 14.7. The van der Waals surface area contributed by atoms with Gasteiger partial charge in [0, 0.05) is 16.5 Å². The molecule has 1 N–H and O–H groups in total. The van der Waals surface area contributed by atoms with Gasteiger partial charge in [0.25, 0.3) is 0 Å². The topological polar surface area (TPSA) is 15.8 Å². The number of nitrogens with one attached hydrogen (secondary N) is 1. The van der Waals surface area contributed by atoms with Crippen LogP contribution in [-0.4, -0.2) is 4.98 Å². The van der Waals surface area contributed by atoms with Crippen molar-refractivity contribution in [1.82, 2.24) is 4.98 Å². The fourth-order valence-corrected chi connectivity index (χ4v) is 3.91. The van der Waals surface area contributed by atoms with Crippen LogP contribution in [0.25, 0.3) is 44.1 Å². The molecule has 1 nitrogen and oxygen atoms in total. The molecule has 0 spiro atoms. The van der Waals surface area contributed by atoms with Gasteiger partial charge in [-0.3, -0.25) is 0 Å². The van der Waals surface area contributed by atoms with Gasteiger partial charge in [0.05, 0.1) is 5.69 Å². The first-order valence-corrected chi connectivity index (χ1v) is 9.38. The largest absolute Gasteiger partial charge is 0.354 e. The first-order valence-electron chi connectivity index (χ1n) is 9.38. The van der Waals surface area contributed by atoms with Crippen LogP contribution in [0.4, 0.5) is 0 Å². The molecule has 5 rings (SSSR count). The average Bonchev–Trinajstić information content (AvgIpc) is 3.09. The number of H-pyrrole nitrogens is 1. The van der Waals surface area contributed by atoms with Crippen LogP contribution < -0.4 is 0 Å². The van der Waals surface area contributed by atoms with Crippen LogP contribution in [0.3, 0.4) is 0 Å². The molecule has 0 radical (unpaired) electrons. The highest BCUT2D eigenvalue weighted by Gasteiger charge is 2.17. The quantitative estimate of drug-likeness (QED) is 0.345. The van der Waals surface area contributed by atoms with E-state index in [2.05, 4.69) is 104 Å². The van der Waals surface area contributed by atoms with Crippen molar-refractivity contribution < 1.29 is 0 Å². The number of aromatic amines is 1. The molecule has 5 aromatic rings. The fourth-order valence-electron chi connectivity index (χ4n) is 3.91. The summed E-state index contributed by atoms with van der Waals surface area (Å²) in [5.41, 5.74) is 8.67. The molecule has 0 aliphatic carbocycles. The van der Waals surface area contributed by atoms with E-state index in [9.17, 15) is 0 Å². The molecule has 0 unspecified atom stereocenters. The normalized spacial score (nSPS) is 11.3. The summed E-state index contributed by atoms with van der Waals surface area (Å²) >= 11 is 0. The minimum absolute atomic E-state index is 1.18. The summed E-state index contributed by atoms with van der Waals surface area (Å²) in [6.45, 7) is 4.26. The van der Waals surface area contributed by atoms with E-state index in [0.717, 1.165) is 0 Å². The fraction of sp³-hybridized carbons (Fsp3) is 0.0769. The SMILES string of the molecule is Cc1ccc(-c2[nH]c3ccc4ccccc4c3c2-c2ccc(C)cc2)cc1. The Kier molecular flexibility index (Phi) is 3.61. The van der Waals surface area contributed by atoms with E-state index in [1.165, 1.54) is 55.2 Å². The maximum absolute atomic E-state index is 3.71. The predicted molar refractivity (Wildman–Crippen MR) is 116 cm³/mol. The van der Waals surface area contributed by atoms with Gasteiger partial charge in [0.15, 0.2) is 0 Å². The van der Waals surface area contributed by atoms with E-state index >= 15 is 0 Å². The Labute approximate surface area is 159 Å². The van der Waals surface area contributed by atoms with Crippen LogP contribution >= 0.6 is 0 Å². The van der Waals surface area contributed by atoms with Crippen LogP contribution in [-0.2, 0) is 0 Å². The number of aryl methyl sites for hydroxylation is 2. The molecule has 27 heavy (non-hydrogen) atoms. The van der Waals surface area contributed by atoms with Gasteiger partial charge in [-0.15, -0.1) is 0 Å². The van der Waals surface area contributed by atoms with Crippen molar-refractivity contribution in [2.45, 2.75) is 13.8 Å². The molecule has 0 saturated heterocycles. The molecule has 0 amide bonds. The van der Waals surface area contributed by atoms with Gasteiger partial charge in [-0.05, 0) is 41.8 Å². The molecule has 4 aromatic carbocycles. The van der Waals surface area contributed by atoms with Gasteiger partial charge in [0.1, 0.15) is 0 Å². The summed E-state index contributed by atoms with van der Waals surface area (Å²) in [5.74, 6) is 0. The summed E-state index contributed by atoms with van der Waals surface area (Å²) in [6.07, 6.45) is 0. The van der Waals surface area contributed by atoms with E-state index in [0.29, 0.717) is 0 Å². The zero-order valence-electron chi connectivity index (χ0n) is 15.6. The smallest absolute Gasteiger partial charge is 0.0544 e. The standard InChI is InChI=1S/C26H21N/c1-17-7-11-20(12-8-17)24-25-22-6-4-3-5-19(22)15-16-23(25)27-26(24)21-13-9-18(2)10-14-21/h3-16,27H,1-2H3. The third-order valence-corrected chi connectivity index (χ3v) is 5.37. The second-order valence-electron chi connectivity index (χ2n) is 7.32. The zero-order chi connectivity index (χ0) is 18.4. The Bertz CT molecular complexity index is 1260. The lowest BCUT2D eigenvalue weighted by atomic mass is 9.94. The summed E-state index contributed by atoms with van der Waals surface area (Å²) < 4.78 is 0. The molecule has 0 atom stereocenters. The van der Waals surface area contributed by atoms with Crippen LogP contribution in [0, 0.1) is 13.8 Å². The van der Waals surface area contributed by atoms with Gasteiger partial charge in [0.2, 0.25) is 0 Å². The minimum atomic E-state index is 1.18. The predicted octanol–water partition coefficient (Wildman–Crippen LogP) is 7.27. The van der Waals surface area contributed by atoms with Gasteiger partial charge in [-0.2, -0.15) is 0 Å². The van der Waals surface area contributed by atoms with Gasteiger partial charge in [-0.1, -0.05) is 90.0 Å². The van der Waals surface area contributed by atoms with Crippen molar-refractivity contribution in [2.24, 2.45) is 0 Å². The Balaban J connectivity index is 1.91. The molecule has 1 heterocycles. The lowest BCUT2D eigenvalue weighted by Crippen LogP contribution is -1.84. The van der Waals surface area contributed by atoms with Crippen molar-refractivity contribution in [3.05, 3.63) is 96.1 Å². The number of hydrogen-bond acceptors (Lipinski definition) is 0. The summed E-state index contributed by atoms with van der Waals surface area (Å²) in [5, 5.41) is 3.86. The van der Waals surface area contributed by atoms with E-state index < -0.39 is 0 Å². The molecular weight excluding hydrogens is 326 g/mol. The second-order valence-corrected chi connectivity index (χ2v) is 7.32. The van der Waals surface area contributed by atoms with E-state index in [1.807, 2.05) is 0 Å². The van der Waals surface area contributed by atoms with Crippen molar-refractivity contribution >= 4 is 21.7 Å². The van der Waals surface area contributed by atoms with Crippen molar-refractivity contribution in [1.29, 1.82) is 0 Å². The van der Waals surface area contributed by atoms with E-state index in [-0.39, 0.29) is 0 Å². The molecule has 130 valence electrons. The van der Waals surface area contributed by atoms with Crippen LogP contribution in [0.1, 0.15) is 11.1 Å². The number of aromatic nitrogens is 1. The molecule has 0 bridgehead atoms. The molecule has 0 fully saturated rings. The number of rotatable bonds is 2. The first-order chi connectivity index (χ1) is 13.2. The maximum Gasteiger partial charge on any atom is 0.0544 e. The van der Waals surface area contributed by atoms with Gasteiger partial charge < -0.3 is 4.98 Å². The lowest BCUT2D eigenvalue weighted by Gasteiger charge is -2.08. The second kappa shape index (κ2) is 6.14. The number of hydrogen-bond donors (Lipinski definition) is 1. The molecule has 0 aliphatic rings. The van der Waals surface area contributed by atoms with Gasteiger partial charge >= 0.3 is 0 Å². The first kappa shape index (κ1) is 15.9. The van der Waals surface area contributed by atoms with Crippen molar-refractivity contribution in [3.8, 4) is 22.4 Å². The average molecular weight is 347 g/mol. The third kappa shape index (κ3) is 2.63. The highest BCUT2D eigenvalue weighted by molar-refractivity contribution is 6.17. The summed E-state index contributed by atoms with van der Waals surface area (Å²) in [7, 11) is 0. The molecule has 1 heteroatoms. The van der Waals surface area contributed by atoms with Gasteiger partial charge in [-0.25, -0.2) is 0 Å². The van der Waals surface area contributed by atoms with E-state index in [4.69, 9.17) is 0 Å². The Morgan fingerprint density at radius 2 is 1.22 bits per heavy atom. The molecular formula is C26H21N. The minimum Gasteiger partial charge on any atom is -0.354 e. The number of benzene rings is 4. The van der Waals surface area contributed by atoms with Crippen LogP contribution in [0.2, 0.25) is 0 Å². The highest BCUT2D eigenvalue weighted by Crippen LogP contribution is 2.41. The Hall–Kier alpha value is -3.32. The van der Waals surface area contributed by atoms with Crippen molar-refractivity contribution in [3.63, 3.8) is 0 Å². The Morgan fingerprint density at radius 1 is 0.593 bits per heavy atom. The molecule has 1 aromatic heterocycles.